The fourth-order valence-corrected chi connectivity index (χ4v) is 5.05. The van der Waals surface area contributed by atoms with Gasteiger partial charge in [-0.15, -0.1) is 12.4 Å². The molecule has 2 heterocycles. The van der Waals surface area contributed by atoms with Crippen LogP contribution in [0, 0.1) is 0 Å². The van der Waals surface area contributed by atoms with E-state index in [1.807, 2.05) is 29.9 Å². The third-order valence-corrected chi connectivity index (χ3v) is 6.85. The maximum Gasteiger partial charge on any atom is 0.326 e. The molecule has 0 radical (unpaired) electrons. The molecule has 2 fully saturated rings. The minimum Gasteiger partial charge on any atom is -0.381 e. The van der Waals surface area contributed by atoms with Crippen molar-refractivity contribution < 1.29 is 4.74 Å². The maximum atomic E-state index is 12.5. The molecule has 27 heavy (non-hydrogen) atoms. The Morgan fingerprint density at radius 1 is 1.19 bits per heavy atom. The van der Waals surface area contributed by atoms with Gasteiger partial charge in [0.25, 0.3) is 0 Å². The van der Waals surface area contributed by atoms with Crippen molar-refractivity contribution >= 4 is 35.0 Å². The zero-order valence-corrected chi connectivity index (χ0v) is 17.6. The van der Waals surface area contributed by atoms with Gasteiger partial charge in [-0.25, -0.2) is 4.79 Å². The Labute approximate surface area is 171 Å². The van der Waals surface area contributed by atoms with Crippen molar-refractivity contribution in [2.24, 2.45) is 0 Å². The van der Waals surface area contributed by atoms with E-state index in [0.717, 1.165) is 49.8 Å². The van der Waals surface area contributed by atoms with Crippen LogP contribution in [0.4, 0.5) is 0 Å². The van der Waals surface area contributed by atoms with Crippen LogP contribution in [-0.4, -0.2) is 46.3 Å². The van der Waals surface area contributed by atoms with Crippen LogP contribution in [-0.2, 0) is 4.74 Å². The standard InChI is InChI=1S/C20H28ClN3O2.ClH/c1-20(9-5-16(26-2)6-10-20)23-11-7-15(8-12-23)24-18-13-14(21)3-4-17(18)22-19(24)25;/h3-4,13,15-16H,5-12H2,1-2H3,(H,22,25);1H/t16-,20-;. The number of hydrogen-bond donors (Lipinski definition) is 1. The Balaban J connectivity index is 0.00000210. The summed E-state index contributed by atoms with van der Waals surface area (Å²) >= 11 is 6.16. The summed E-state index contributed by atoms with van der Waals surface area (Å²) in [6, 6.07) is 5.85. The summed E-state index contributed by atoms with van der Waals surface area (Å²) in [6.07, 6.45) is 7.11. The first-order valence-corrected chi connectivity index (χ1v) is 10.1. The van der Waals surface area contributed by atoms with Gasteiger partial charge in [0, 0.05) is 36.8 Å². The second kappa shape index (κ2) is 8.16. The number of nitrogens with zero attached hydrogens (tertiary/aromatic N) is 2. The van der Waals surface area contributed by atoms with Crippen LogP contribution in [0.15, 0.2) is 23.0 Å². The maximum absolute atomic E-state index is 12.5. The third kappa shape index (κ3) is 3.93. The lowest BCUT2D eigenvalue weighted by atomic mass is 9.79. The van der Waals surface area contributed by atoms with E-state index in [4.69, 9.17) is 16.3 Å². The number of fused-ring (bicyclic) bond motifs is 1. The summed E-state index contributed by atoms with van der Waals surface area (Å²) in [5, 5.41) is 0.671. The molecule has 1 saturated carbocycles. The van der Waals surface area contributed by atoms with Crippen molar-refractivity contribution in [3.8, 4) is 0 Å². The number of aromatic nitrogens is 2. The SMILES string of the molecule is CO[C@H]1CC[C@](C)(N2CCC(n3c(=O)[nH]c4ccc(Cl)cc43)CC2)CC1.Cl. The zero-order chi connectivity index (χ0) is 18.3. The molecule has 1 aromatic carbocycles. The van der Waals surface area contributed by atoms with Crippen LogP contribution in [0.1, 0.15) is 51.5 Å². The van der Waals surface area contributed by atoms with Crippen LogP contribution in [0.5, 0.6) is 0 Å². The number of halogens is 2. The molecule has 1 saturated heterocycles. The first-order valence-electron chi connectivity index (χ1n) is 9.68. The Bertz CT molecular complexity index is 831. The van der Waals surface area contributed by atoms with E-state index in [1.165, 1.54) is 12.8 Å². The van der Waals surface area contributed by atoms with Crippen molar-refractivity contribution in [2.75, 3.05) is 20.2 Å². The molecule has 0 unspecified atom stereocenters. The lowest BCUT2D eigenvalue weighted by molar-refractivity contribution is -0.0146. The number of aromatic amines is 1. The van der Waals surface area contributed by atoms with Gasteiger partial charge in [0.2, 0.25) is 0 Å². The number of piperidine rings is 1. The third-order valence-electron chi connectivity index (χ3n) is 6.62. The average molecular weight is 414 g/mol. The van der Waals surface area contributed by atoms with Crippen LogP contribution in [0.25, 0.3) is 11.0 Å². The molecule has 2 aliphatic rings. The summed E-state index contributed by atoms with van der Waals surface area (Å²) in [4.78, 5) is 18.1. The number of nitrogens with one attached hydrogen (secondary N) is 1. The molecule has 1 N–H and O–H groups in total. The Kier molecular flexibility index (Phi) is 6.26. The first-order chi connectivity index (χ1) is 12.5. The van der Waals surface area contributed by atoms with Crippen molar-refractivity contribution in [3.63, 3.8) is 0 Å². The molecule has 0 bridgehead atoms. The van der Waals surface area contributed by atoms with Gasteiger partial charge in [0.1, 0.15) is 0 Å². The second-order valence-electron chi connectivity index (χ2n) is 8.11. The molecule has 0 atom stereocenters. The van der Waals surface area contributed by atoms with Gasteiger partial charge in [-0.2, -0.15) is 0 Å². The molecule has 1 aromatic heterocycles. The molecule has 5 nitrogen and oxygen atoms in total. The molecule has 0 amide bonds. The monoisotopic (exact) mass is 413 g/mol. The molecule has 0 spiro atoms. The van der Waals surface area contributed by atoms with E-state index in [0.29, 0.717) is 11.1 Å². The van der Waals surface area contributed by atoms with Gasteiger partial charge >= 0.3 is 5.69 Å². The smallest absolute Gasteiger partial charge is 0.326 e. The molecular weight excluding hydrogens is 385 g/mol. The lowest BCUT2D eigenvalue weighted by Gasteiger charge is -2.48. The lowest BCUT2D eigenvalue weighted by Crippen LogP contribution is -2.52. The van der Waals surface area contributed by atoms with Crippen LogP contribution >= 0.6 is 24.0 Å². The van der Waals surface area contributed by atoms with Crippen LogP contribution < -0.4 is 5.69 Å². The van der Waals surface area contributed by atoms with Gasteiger partial charge in [0.05, 0.1) is 17.1 Å². The van der Waals surface area contributed by atoms with E-state index in [2.05, 4.69) is 16.8 Å². The Hall–Kier alpha value is -1.01. The topological polar surface area (TPSA) is 50.3 Å². The first kappa shape index (κ1) is 20.7. The minimum absolute atomic E-state index is 0. The highest BCUT2D eigenvalue weighted by molar-refractivity contribution is 6.31. The van der Waals surface area contributed by atoms with Gasteiger partial charge in [-0.1, -0.05) is 11.6 Å². The number of benzene rings is 1. The highest BCUT2D eigenvalue weighted by Crippen LogP contribution is 2.37. The summed E-state index contributed by atoms with van der Waals surface area (Å²) in [5.41, 5.74) is 2.04. The van der Waals surface area contributed by atoms with Gasteiger partial charge in [-0.05, 0) is 63.6 Å². The number of hydrogen-bond acceptors (Lipinski definition) is 3. The fraction of sp³-hybridized carbons (Fsp3) is 0.650. The molecule has 4 rings (SSSR count). The van der Waals surface area contributed by atoms with E-state index in [-0.39, 0.29) is 29.7 Å². The number of methoxy groups -OCH3 is 1. The highest BCUT2D eigenvalue weighted by atomic mass is 35.5. The van der Waals surface area contributed by atoms with Gasteiger partial charge in [-0.3, -0.25) is 9.47 Å². The molecule has 150 valence electrons. The van der Waals surface area contributed by atoms with E-state index in [9.17, 15) is 4.79 Å². The zero-order valence-electron chi connectivity index (χ0n) is 16.0. The Morgan fingerprint density at radius 3 is 2.48 bits per heavy atom. The summed E-state index contributed by atoms with van der Waals surface area (Å²) in [6.45, 7) is 4.48. The highest BCUT2D eigenvalue weighted by Gasteiger charge is 2.38. The predicted molar refractivity (Wildman–Crippen MR) is 112 cm³/mol. The molecule has 1 aliphatic heterocycles. The number of likely N-dealkylation sites (tertiary alicyclic amines) is 1. The normalized spacial score (nSPS) is 27.6. The van der Waals surface area contributed by atoms with Gasteiger partial charge < -0.3 is 9.72 Å². The summed E-state index contributed by atoms with van der Waals surface area (Å²) in [5.74, 6) is 0. The van der Waals surface area contributed by atoms with Crippen LogP contribution in [0.3, 0.4) is 0 Å². The molecular formula is C20H29Cl2N3O2. The number of H-pyrrole nitrogens is 1. The minimum atomic E-state index is -0.0208. The molecule has 7 heteroatoms. The molecule has 2 aromatic rings. The number of ether oxygens (including phenoxy) is 1. The average Bonchev–Trinajstić information content (AvgIpc) is 2.97. The quantitative estimate of drug-likeness (QED) is 0.811. The van der Waals surface area contributed by atoms with Crippen molar-refractivity contribution in [1.82, 2.24) is 14.5 Å². The number of imidazole rings is 1. The van der Waals surface area contributed by atoms with Crippen molar-refractivity contribution in [1.29, 1.82) is 0 Å². The second-order valence-corrected chi connectivity index (χ2v) is 8.55. The van der Waals surface area contributed by atoms with Crippen LogP contribution in [0.2, 0.25) is 5.02 Å². The summed E-state index contributed by atoms with van der Waals surface area (Å²) in [7, 11) is 1.82. The van der Waals surface area contributed by atoms with E-state index < -0.39 is 0 Å². The van der Waals surface area contributed by atoms with E-state index in [1.54, 1.807) is 0 Å². The predicted octanol–water partition coefficient (Wildman–Crippen LogP) is 4.39. The largest absolute Gasteiger partial charge is 0.381 e. The fourth-order valence-electron chi connectivity index (χ4n) is 4.89. The summed E-state index contributed by atoms with van der Waals surface area (Å²) < 4.78 is 7.45. The van der Waals surface area contributed by atoms with E-state index >= 15 is 0 Å². The molecule has 1 aliphatic carbocycles. The van der Waals surface area contributed by atoms with Gasteiger partial charge in [0.15, 0.2) is 0 Å². The number of rotatable bonds is 3. The van der Waals surface area contributed by atoms with Crippen molar-refractivity contribution in [3.05, 3.63) is 33.7 Å². The Morgan fingerprint density at radius 2 is 1.85 bits per heavy atom. The van der Waals surface area contributed by atoms with Crippen molar-refractivity contribution in [2.45, 2.75) is 63.1 Å².